The topological polar surface area (TPSA) is 75.6 Å². The summed E-state index contributed by atoms with van der Waals surface area (Å²) in [4.78, 5) is 23.5. The lowest BCUT2D eigenvalue weighted by atomic mass is 10.1. The van der Waals surface area contributed by atoms with Crippen LogP contribution in [0.3, 0.4) is 0 Å². The lowest BCUT2D eigenvalue weighted by Crippen LogP contribution is -2.42. The number of halogens is 1. The zero-order valence-electron chi connectivity index (χ0n) is 12.5. The number of nitrogens with one attached hydrogen (secondary N) is 1. The molecule has 0 unspecified atom stereocenters. The Bertz CT molecular complexity index is 703. The van der Waals surface area contributed by atoms with E-state index in [0.717, 1.165) is 0 Å². The summed E-state index contributed by atoms with van der Waals surface area (Å²) < 4.78 is 5.06. The van der Waals surface area contributed by atoms with Gasteiger partial charge in [0.25, 0.3) is 5.91 Å². The Hall–Kier alpha value is -2.53. The van der Waals surface area contributed by atoms with Crippen molar-refractivity contribution < 1.29 is 19.4 Å². The normalized spacial score (nSPS) is 11.6. The van der Waals surface area contributed by atoms with Crippen molar-refractivity contribution in [3.8, 4) is 5.75 Å². The number of aliphatic carboxylic acids is 1. The Morgan fingerprint density at radius 2 is 1.91 bits per heavy atom. The van der Waals surface area contributed by atoms with Gasteiger partial charge in [-0.3, -0.25) is 4.79 Å². The van der Waals surface area contributed by atoms with Crippen molar-refractivity contribution in [2.75, 3.05) is 7.11 Å². The van der Waals surface area contributed by atoms with Crippen LogP contribution in [0.4, 0.5) is 0 Å². The van der Waals surface area contributed by atoms with E-state index in [1.165, 1.54) is 7.11 Å². The lowest BCUT2D eigenvalue weighted by Gasteiger charge is -2.15. The van der Waals surface area contributed by atoms with Gasteiger partial charge in [-0.15, -0.1) is 0 Å². The predicted octanol–water partition coefficient (Wildman–Crippen LogP) is 2.77. The highest BCUT2D eigenvalue weighted by Gasteiger charge is 2.21. The summed E-state index contributed by atoms with van der Waals surface area (Å²) in [6, 6.07) is 12.4. The third-order valence-corrected chi connectivity index (χ3v) is 3.59. The minimum atomic E-state index is -1.11. The molecule has 0 aliphatic carbocycles. The zero-order chi connectivity index (χ0) is 16.8. The first-order valence-corrected chi connectivity index (χ1v) is 7.30. The number of hydrogen-bond donors (Lipinski definition) is 2. The maximum Gasteiger partial charge on any atom is 0.326 e. The van der Waals surface area contributed by atoms with Crippen molar-refractivity contribution >= 4 is 23.5 Å². The third-order valence-electron chi connectivity index (χ3n) is 3.30. The number of carboxylic acid groups (broad SMARTS) is 1. The molecule has 0 aliphatic heterocycles. The van der Waals surface area contributed by atoms with Gasteiger partial charge in [-0.1, -0.05) is 35.9 Å². The van der Waals surface area contributed by atoms with Crippen LogP contribution in [0, 0.1) is 0 Å². The van der Waals surface area contributed by atoms with Crippen molar-refractivity contribution in [1.82, 2.24) is 5.32 Å². The average Bonchev–Trinajstić information content (AvgIpc) is 2.55. The van der Waals surface area contributed by atoms with Gasteiger partial charge >= 0.3 is 5.97 Å². The van der Waals surface area contributed by atoms with Crippen LogP contribution in [0.2, 0.25) is 5.02 Å². The fourth-order valence-corrected chi connectivity index (χ4v) is 2.38. The van der Waals surface area contributed by atoms with Crippen LogP contribution >= 0.6 is 11.6 Å². The molecule has 6 heteroatoms. The first-order valence-electron chi connectivity index (χ1n) is 6.92. The van der Waals surface area contributed by atoms with E-state index in [-0.39, 0.29) is 6.42 Å². The minimum Gasteiger partial charge on any atom is -0.495 e. The van der Waals surface area contributed by atoms with Crippen molar-refractivity contribution in [1.29, 1.82) is 0 Å². The number of carbonyl (C=O) groups is 2. The van der Waals surface area contributed by atoms with Crippen LogP contribution in [-0.2, 0) is 11.2 Å². The molecule has 1 atom stereocenters. The van der Waals surface area contributed by atoms with Gasteiger partial charge in [-0.2, -0.15) is 0 Å². The molecule has 1 amide bonds. The Labute approximate surface area is 138 Å². The molecule has 2 aromatic carbocycles. The quantitative estimate of drug-likeness (QED) is 0.852. The number of rotatable bonds is 6. The minimum absolute atomic E-state index is 0.123. The molecule has 0 saturated carbocycles. The van der Waals surface area contributed by atoms with E-state index in [9.17, 15) is 14.7 Å². The van der Waals surface area contributed by atoms with E-state index >= 15 is 0 Å². The fraction of sp³-hybridized carbons (Fsp3) is 0.176. The largest absolute Gasteiger partial charge is 0.495 e. The van der Waals surface area contributed by atoms with E-state index in [1.54, 1.807) is 48.5 Å². The van der Waals surface area contributed by atoms with Gasteiger partial charge in [0, 0.05) is 12.0 Å². The number of amides is 1. The van der Waals surface area contributed by atoms with E-state index in [2.05, 4.69) is 5.32 Å². The second kappa shape index (κ2) is 7.65. The van der Waals surface area contributed by atoms with Gasteiger partial charge in [-0.25, -0.2) is 4.79 Å². The third kappa shape index (κ3) is 4.47. The van der Waals surface area contributed by atoms with Crippen LogP contribution in [-0.4, -0.2) is 30.1 Å². The van der Waals surface area contributed by atoms with Gasteiger partial charge in [0.2, 0.25) is 0 Å². The lowest BCUT2D eigenvalue weighted by molar-refractivity contribution is -0.139. The monoisotopic (exact) mass is 333 g/mol. The fourth-order valence-electron chi connectivity index (χ4n) is 2.10. The summed E-state index contributed by atoms with van der Waals surface area (Å²) in [6.07, 6.45) is 0.123. The molecule has 0 radical (unpaired) electrons. The summed E-state index contributed by atoms with van der Waals surface area (Å²) in [7, 11) is 1.50. The van der Waals surface area contributed by atoms with Crippen LogP contribution in [0.1, 0.15) is 15.9 Å². The molecular formula is C17H16ClNO4. The SMILES string of the molecule is COc1ccc(C[C@H](NC(=O)c2ccccc2)C(=O)O)cc1Cl. The molecule has 0 heterocycles. The van der Waals surface area contributed by atoms with Gasteiger partial charge < -0.3 is 15.2 Å². The van der Waals surface area contributed by atoms with Crippen molar-refractivity contribution in [3.63, 3.8) is 0 Å². The Kier molecular flexibility index (Phi) is 5.60. The molecule has 2 N–H and O–H groups in total. The summed E-state index contributed by atoms with van der Waals surface area (Å²) >= 11 is 6.03. The first kappa shape index (κ1) is 16.8. The molecule has 120 valence electrons. The van der Waals surface area contributed by atoms with Gasteiger partial charge in [0.05, 0.1) is 12.1 Å². The number of carboxylic acids is 1. The molecule has 2 rings (SSSR count). The predicted molar refractivity (Wildman–Crippen MR) is 87.0 cm³/mol. The highest BCUT2D eigenvalue weighted by molar-refractivity contribution is 6.32. The second-order valence-electron chi connectivity index (χ2n) is 4.90. The number of carbonyl (C=O) groups excluding carboxylic acids is 1. The molecule has 5 nitrogen and oxygen atoms in total. The number of hydrogen-bond acceptors (Lipinski definition) is 3. The van der Waals surface area contributed by atoms with Crippen LogP contribution < -0.4 is 10.1 Å². The summed E-state index contributed by atoms with van der Waals surface area (Å²) in [5.74, 6) is -1.03. The zero-order valence-corrected chi connectivity index (χ0v) is 13.2. The Balaban J connectivity index is 2.12. The highest BCUT2D eigenvalue weighted by atomic mass is 35.5. The molecule has 0 bridgehead atoms. The maximum atomic E-state index is 12.1. The average molecular weight is 334 g/mol. The number of ether oxygens (including phenoxy) is 1. The Morgan fingerprint density at radius 1 is 1.22 bits per heavy atom. The molecule has 2 aromatic rings. The first-order chi connectivity index (χ1) is 11.0. The van der Waals surface area contributed by atoms with E-state index in [0.29, 0.717) is 21.9 Å². The molecule has 0 fully saturated rings. The molecule has 0 saturated heterocycles. The van der Waals surface area contributed by atoms with Crippen LogP contribution in [0.15, 0.2) is 48.5 Å². The second-order valence-corrected chi connectivity index (χ2v) is 5.31. The number of methoxy groups -OCH3 is 1. The van der Waals surface area contributed by atoms with Crippen molar-refractivity contribution in [2.24, 2.45) is 0 Å². The highest BCUT2D eigenvalue weighted by Crippen LogP contribution is 2.25. The van der Waals surface area contributed by atoms with Gasteiger partial charge in [0.15, 0.2) is 0 Å². The smallest absolute Gasteiger partial charge is 0.326 e. The van der Waals surface area contributed by atoms with Crippen molar-refractivity contribution in [3.05, 3.63) is 64.7 Å². The summed E-state index contributed by atoms with van der Waals surface area (Å²) in [6.45, 7) is 0. The van der Waals surface area contributed by atoms with Gasteiger partial charge in [-0.05, 0) is 29.8 Å². The Morgan fingerprint density at radius 3 is 2.48 bits per heavy atom. The van der Waals surface area contributed by atoms with Crippen LogP contribution in [0.25, 0.3) is 0 Å². The summed E-state index contributed by atoms with van der Waals surface area (Å²) in [5.41, 5.74) is 1.10. The molecule has 23 heavy (non-hydrogen) atoms. The van der Waals surface area contributed by atoms with Crippen LogP contribution in [0.5, 0.6) is 5.75 Å². The van der Waals surface area contributed by atoms with Gasteiger partial charge in [0.1, 0.15) is 11.8 Å². The molecular weight excluding hydrogens is 318 g/mol. The molecule has 0 aliphatic rings. The van der Waals surface area contributed by atoms with E-state index in [4.69, 9.17) is 16.3 Å². The van der Waals surface area contributed by atoms with E-state index < -0.39 is 17.9 Å². The summed E-state index contributed by atoms with van der Waals surface area (Å²) in [5, 5.41) is 12.2. The van der Waals surface area contributed by atoms with E-state index in [1.807, 2.05) is 0 Å². The standard InChI is InChI=1S/C17H16ClNO4/c1-23-15-8-7-11(9-13(15)18)10-14(17(21)22)19-16(20)12-5-3-2-4-6-12/h2-9,14H,10H2,1H3,(H,19,20)(H,21,22)/t14-/m0/s1. The maximum absolute atomic E-state index is 12.1. The number of benzene rings is 2. The van der Waals surface area contributed by atoms with Crippen molar-refractivity contribution in [2.45, 2.75) is 12.5 Å². The molecule has 0 spiro atoms. The molecule has 0 aromatic heterocycles.